The van der Waals surface area contributed by atoms with E-state index < -0.39 is 63.6 Å². The number of carbonyl (C=O) groups excluding carboxylic acids is 3. The number of nitrogen functional groups attached to an aromatic ring is 1. The van der Waals surface area contributed by atoms with Crippen molar-refractivity contribution in [3.63, 3.8) is 0 Å². The molecular weight excluding hydrogens is 662 g/mol. The number of aromatic nitrogens is 2. The number of β-lactam (4-membered cyclic amide) rings is 1. The van der Waals surface area contributed by atoms with Gasteiger partial charge < -0.3 is 50.2 Å². The maximum atomic E-state index is 13.3. The van der Waals surface area contributed by atoms with Gasteiger partial charge in [-0.1, -0.05) is 5.16 Å². The molecule has 2 amide bonds. The molecule has 4 heterocycles. The van der Waals surface area contributed by atoms with Crippen LogP contribution in [0.3, 0.4) is 0 Å². The third-order valence-electron chi connectivity index (χ3n) is 7.28. The summed E-state index contributed by atoms with van der Waals surface area (Å²) in [5.74, 6) is -6.49. The van der Waals surface area contributed by atoms with Gasteiger partial charge in [0.05, 0.1) is 45.0 Å². The van der Waals surface area contributed by atoms with Crippen molar-refractivity contribution in [3.8, 4) is 5.75 Å². The number of nitrogens with zero attached hydrogens (tertiary/aromatic N) is 5. The Hall–Kier alpha value is -4.95. The molecule has 47 heavy (non-hydrogen) atoms. The molecule has 2 aliphatic rings. The summed E-state index contributed by atoms with van der Waals surface area (Å²) in [6.45, 7) is 2.81. The summed E-state index contributed by atoms with van der Waals surface area (Å²) in [4.78, 5) is 83.8. The van der Waals surface area contributed by atoms with Crippen LogP contribution in [0.5, 0.6) is 5.75 Å². The van der Waals surface area contributed by atoms with E-state index in [0.29, 0.717) is 5.57 Å². The molecule has 2 aliphatic heterocycles. The van der Waals surface area contributed by atoms with Crippen molar-refractivity contribution in [1.29, 1.82) is 0 Å². The third kappa shape index (κ3) is 7.39. The smallest absolute Gasteiger partial charge is 0.352 e. The van der Waals surface area contributed by atoms with Crippen molar-refractivity contribution in [2.75, 3.05) is 38.7 Å². The number of carbonyl (C=O) groups is 5. The van der Waals surface area contributed by atoms with E-state index >= 15 is 0 Å². The summed E-state index contributed by atoms with van der Waals surface area (Å²) in [6.07, 6.45) is 1.02. The highest BCUT2D eigenvalue weighted by Crippen LogP contribution is 2.40. The van der Waals surface area contributed by atoms with Crippen LogP contribution in [0.15, 0.2) is 38.9 Å². The van der Waals surface area contributed by atoms with Gasteiger partial charge in [-0.2, -0.15) is 0 Å². The Labute approximate surface area is 274 Å². The Morgan fingerprint density at radius 1 is 1.26 bits per heavy atom. The van der Waals surface area contributed by atoms with Crippen LogP contribution in [0.1, 0.15) is 30.0 Å². The Morgan fingerprint density at radius 3 is 2.51 bits per heavy atom. The fourth-order valence-electron chi connectivity index (χ4n) is 4.71. The number of anilines is 1. The summed E-state index contributed by atoms with van der Waals surface area (Å²) >= 11 is 2.18. The van der Waals surface area contributed by atoms with Gasteiger partial charge in [-0.3, -0.25) is 19.3 Å². The van der Waals surface area contributed by atoms with Crippen molar-refractivity contribution in [3.05, 3.63) is 50.5 Å². The summed E-state index contributed by atoms with van der Waals surface area (Å²) < 4.78 is 1.32. The van der Waals surface area contributed by atoms with Crippen molar-refractivity contribution < 1.29 is 53.7 Å². The topological polar surface area (TPSA) is 267 Å². The number of nitrogens with two attached hydrogens (primary N) is 1. The number of pyridine rings is 1. The minimum atomic E-state index is -1.81. The molecule has 6 N–H and O–H groups in total. The predicted molar refractivity (Wildman–Crippen MR) is 164 cm³/mol. The number of amides is 2. The van der Waals surface area contributed by atoms with Crippen LogP contribution in [-0.2, 0) is 30.6 Å². The van der Waals surface area contributed by atoms with Gasteiger partial charge in [0.2, 0.25) is 11.0 Å². The number of oxime groups is 1. The molecule has 1 fully saturated rings. The Balaban J connectivity index is 1.52. The number of aromatic carboxylic acids is 1. The van der Waals surface area contributed by atoms with Crippen LogP contribution >= 0.6 is 23.1 Å². The average Bonchev–Trinajstić information content (AvgIpc) is 3.41. The minimum Gasteiger partial charge on any atom is -0.543 e. The molecular formula is C27H31N7O11S2. The minimum absolute atomic E-state index is 0.0310. The zero-order valence-electron chi connectivity index (χ0n) is 25.5. The highest BCUT2D eigenvalue weighted by molar-refractivity contribution is 8.00. The Morgan fingerprint density at radius 2 is 1.94 bits per heavy atom. The molecule has 1 saturated heterocycles. The van der Waals surface area contributed by atoms with E-state index in [1.54, 1.807) is 14.1 Å². The van der Waals surface area contributed by atoms with Crippen LogP contribution in [0.25, 0.3) is 0 Å². The first-order valence-corrected chi connectivity index (χ1v) is 15.6. The molecule has 2 aromatic rings. The van der Waals surface area contributed by atoms with E-state index in [4.69, 9.17) is 10.6 Å². The fourth-order valence-corrected chi connectivity index (χ4v) is 6.59. The van der Waals surface area contributed by atoms with Crippen LogP contribution < -0.4 is 21.6 Å². The van der Waals surface area contributed by atoms with Crippen molar-refractivity contribution >= 4 is 63.7 Å². The lowest BCUT2D eigenvalue weighted by Crippen LogP contribution is -2.71. The first-order valence-electron chi connectivity index (χ1n) is 13.7. The highest BCUT2D eigenvalue weighted by atomic mass is 32.2. The Bertz CT molecular complexity index is 1780. The maximum absolute atomic E-state index is 13.3. The molecule has 0 spiro atoms. The lowest BCUT2D eigenvalue weighted by Gasteiger charge is -2.51. The molecule has 0 saturated carbocycles. The lowest BCUT2D eigenvalue weighted by atomic mass is 10.0. The summed E-state index contributed by atoms with van der Waals surface area (Å²) in [5, 5.41) is 47.8. The second kappa shape index (κ2) is 13.0. The van der Waals surface area contributed by atoms with Crippen molar-refractivity contribution in [2.45, 2.75) is 37.4 Å². The predicted octanol–water partition coefficient (Wildman–Crippen LogP) is -1.94. The van der Waals surface area contributed by atoms with E-state index in [-0.39, 0.29) is 52.1 Å². The molecule has 0 aliphatic carbocycles. The zero-order valence-corrected chi connectivity index (χ0v) is 27.1. The molecule has 0 unspecified atom stereocenters. The number of aromatic hydroxyl groups is 1. The second-order valence-corrected chi connectivity index (χ2v) is 13.7. The first-order chi connectivity index (χ1) is 21.8. The molecule has 20 heteroatoms. The van der Waals surface area contributed by atoms with Crippen LogP contribution in [0.2, 0.25) is 0 Å². The largest absolute Gasteiger partial charge is 0.543 e. The standard InChI is InChI=1S/C27H31N7O11S2/c1-27(2,25(43)44)45-31-17(13-11-47-26(28)29-13)20(37)30-18-21(38)33-19(24(41)42)12(10-46-22(18)33)9-34(3,4)6-5-32-8-16(36)15(35)7-14(32)23(39)40/h7-8,11,18,22H,5-6,9-10H2,1-4H3,(H6-,28,29,30,36,37,39,40,41,42,43,44)/t18-,22+/m1/s1. The number of aliphatic carboxylic acids is 2. The van der Waals surface area contributed by atoms with Gasteiger partial charge in [-0.05, 0) is 13.8 Å². The normalized spacial score (nSPS) is 18.3. The molecule has 18 nitrogen and oxygen atoms in total. The van der Waals surface area contributed by atoms with Gasteiger partial charge in [0.1, 0.15) is 29.3 Å². The number of hydrogen-bond donors (Lipinski definition) is 5. The molecule has 0 bridgehead atoms. The number of fused-ring (bicyclic) bond motifs is 1. The second-order valence-electron chi connectivity index (χ2n) is 11.7. The number of carboxylic acid groups (broad SMARTS) is 3. The maximum Gasteiger partial charge on any atom is 0.352 e. The van der Waals surface area contributed by atoms with E-state index in [1.165, 1.54) is 35.6 Å². The van der Waals surface area contributed by atoms with Gasteiger partial charge in [-0.15, -0.1) is 23.1 Å². The molecule has 252 valence electrons. The summed E-state index contributed by atoms with van der Waals surface area (Å²) in [5.41, 5.74) is 2.23. The monoisotopic (exact) mass is 693 g/mol. The number of thiazole rings is 1. The van der Waals surface area contributed by atoms with E-state index in [9.17, 15) is 49.2 Å². The zero-order chi connectivity index (χ0) is 35.0. The average molecular weight is 694 g/mol. The van der Waals surface area contributed by atoms with E-state index in [0.717, 1.165) is 28.5 Å². The number of rotatable bonds is 13. The van der Waals surface area contributed by atoms with Crippen molar-refractivity contribution in [1.82, 2.24) is 19.8 Å². The van der Waals surface area contributed by atoms with Gasteiger partial charge >= 0.3 is 11.9 Å². The Kier molecular flexibility index (Phi) is 9.69. The van der Waals surface area contributed by atoms with Gasteiger partial charge in [0.15, 0.2) is 16.6 Å². The van der Waals surface area contributed by atoms with Crippen molar-refractivity contribution in [2.24, 2.45) is 5.16 Å². The number of nitrogens with one attached hydrogen (secondary N) is 1. The fraction of sp³-hybridized carbons (Fsp3) is 0.407. The van der Waals surface area contributed by atoms with E-state index in [1.807, 2.05) is 0 Å². The molecule has 4 rings (SSSR count). The van der Waals surface area contributed by atoms with Crippen LogP contribution in [0, 0.1) is 0 Å². The lowest BCUT2D eigenvalue weighted by molar-refractivity contribution is -0.886. The third-order valence-corrected chi connectivity index (χ3v) is 9.29. The van der Waals surface area contributed by atoms with Gasteiger partial charge in [0, 0.05) is 22.8 Å². The number of thioether (sulfide) groups is 1. The number of quaternary nitrogens is 1. The summed E-state index contributed by atoms with van der Waals surface area (Å²) in [7, 11) is 3.50. The highest BCUT2D eigenvalue weighted by Gasteiger charge is 2.53. The molecule has 2 atom stereocenters. The summed E-state index contributed by atoms with van der Waals surface area (Å²) in [6, 6.07) is -0.371. The molecule has 0 radical (unpaired) electrons. The van der Waals surface area contributed by atoms with Gasteiger partial charge in [-0.25, -0.2) is 14.6 Å². The van der Waals surface area contributed by atoms with Gasteiger partial charge in [0.25, 0.3) is 11.8 Å². The number of carboxylic acids is 3. The van der Waals surface area contributed by atoms with Crippen LogP contribution in [-0.4, -0.2) is 120 Å². The molecule has 0 aromatic carbocycles. The first kappa shape index (κ1) is 34.9. The SMILES string of the molecule is CC(C)(ON=C(C(=O)N[C@@H]1C(=O)N2C(C(=O)[O-])=C(C[N+](C)(C)CCn3cc(O)c(=O)cc3C(=O)O)CS[C@@H]12)c1csc(N)n1)C(=O)O. The van der Waals surface area contributed by atoms with Crippen LogP contribution in [0.4, 0.5) is 5.13 Å². The van der Waals surface area contributed by atoms with E-state index in [2.05, 4.69) is 15.5 Å². The molecule has 2 aromatic heterocycles. The quantitative estimate of drug-likeness (QED) is 0.0661. The number of hydrogen-bond acceptors (Lipinski definition) is 14. The number of likely N-dealkylation sites (N-methyl/N-ethyl adjacent to an activating group) is 1.